The number of nitrogens with zero attached hydrogens (tertiary/aromatic N) is 4. The Morgan fingerprint density at radius 1 is 0.536 bits per heavy atom. The molecular weight excluding hydrogens is 1020 g/mol. The van der Waals surface area contributed by atoms with Gasteiger partial charge in [0, 0.05) is 61.1 Å². The van der Waals surface area contributed by atoms with E-state index in [1.54, 1.807) is 0 Å². The molecule has 0 saturated carbocycles. The average Bonchev–Trinajstić information content (AvgIpc) is 3.90. The SMILES string of the molecule is CC(C)(C)C1=CN(c2[c-]c(Oc3[c-]c4c(c(C(C)(C)C)c3)c3ccccc3n4-c3cc(C(C)(C)C)ccn3)cc(C(C)(C)c3ccccc3)c2)[CH-]N1c1cc(-c2ccccc2)cc(C(C)(C)C)c1.[Pt]. The molecule has 358 valence electrons. The van der Waals surface area contributed by atoms with E-state index in [0.717, 1.165) is 44.6 Å². The molecule has 69 heavy (non-hydrogen) atoms. The van der Waals surface area contributed by atoms with Gasteiger partial charge in [-0.05, 0) is 91.4 Å². The Bertz CT molecular complexity index is 3190. The first kappa shape index (κ1) is 49.5. The van der Waals surface area contributed by atoms with E-state index in [4.69, 9.17) is 9.72 Å². The molecule has 0 radical (unpaired) electrons. The third kappa shape index (κ3) is 9.82. The number of hydrogen-bond donors (Lipinski definition) is 0. The molecule has 0 amide bonds. The van der Waals surface area contributed by atoms with Gasteiger partial charge in [0.05, 0.1) is 0 Å². The van der Waals surface area contributed by atoms with Gasteiger partial charge in [-0.25, -0.2) is 4.98 Å². The summed E-state index contributed by atoms with van der Waals surface area (Å²) in [5.74, 6) is 2.10. The fourth-order valence-electron chi connectivity index (χ4n) is 9.39. The van der Waals surface area contributed by atoms with Crippen molar-refractivity contribution in [3.63, 3.8) is 0 Å². The summed E-state index contributed by atoms with van der Waals surface area (Å²) in [6.07, 6.45) is 4.20. The first-order valence-corrected chi connectivity index (χ1v) is 24.1. The molecule has 9 rings (SSSR count). The largest absolute Gasteiger partial charge is 0.509 e. The molecule has 1 aliphatic heterocycles. The zero-order valence-corrected chi connectivity index (χ0v) is 45.2. The maximum atomic E-state index is 7.16. The molecule has 0 spiro atoms. The second-order valence-corrected chi connectivity index (χ2v) is 23.3. The van der Waals surface area contributed by atoms with Gasteiger partial charge in [0.15, 0.2) is 0 Å². The number of hydrogen-bond acceptors (Lipinski definition) is 4. The Morgan fingerprint density at radius 2 is 1.17 bits per heavy atom. The fourth-order valence-corrected chi connectivity index (χ4v) is 9.39. The van der Waals surface area contributed by atoms with E-state index >= 15 is 0 Å². The van der Waals surface area contributed by atoms with Gasteiger partial charge in [0.25, 0.3) is 0 Å². The van der Waals surface area contributed by atoms with E-state index in [9.17, 15) is 0 Å². The summed E-state index contributed by atoms with van der Waals surface area (Å²) in [4.78, 5) is 9.58. The number of fused-ring (bicyclic) bond motifs is 3. The second-order valence-electron chi connectivity index (χ2n) is 23.3. The summed E-state index contributed by atoms with van der Waals surface area (Å²) in [6, 6.07) is 55.7. The van der Waals surface area contributed by atoms with Crippen molar-refractivity contribution in [2.45, 2.75) is 119 Å². The summed E-state index contributed by atoms with van der Waals surface area (Å²) in [7, 11) is 0. The van der Waals surface area contributed by atoms with Crippen molar-refractivity contribution >= 4 is 33.2 Å². The molecule has 0 saturated heterocycles. The average molecular weight is 1090 g/mol. The van der Waals surface area contributed by atoms with Crippen LogP contribution in [-0.4, -0.2) is 9.55 Å². The van der Waals surface area contributed by atoms with Gasteiger partial charge in [-0.1, -0.05) is 193 Å². The molecule has 0 N–H and O–H groups in total. The van der Waals surface area contributed by atoms with Gasteiger partial charge in [0.1, 0.15) is 5.82 Å². The smallest absolute Gasteiger partial charge is 0.135 e. The van der Waals surface area contributed by atoms with Gasteiger partial charge in [0.2, 0.25) is 0 Å². The molecule has 0 atom stereocenters. The minimum absolute atomic E-state index is 0. The summed E-state index contributed by atoms with van der Waals surface area (Å²) in [6.45, 7) is 34.1. The maximum Gasteiger partial charge on any atom is 0.135 e. The topological polar surface area (TPSA) is 33.5 Å². The van der Waals surface area contributed by atoms with Gasteiger partial charge < -0.3 is 19.1 Å². The monoisotopic (exact) mass is 1090 g/mol. The van der Waals surface area contributed by atoms with Crippen LogP contribution < -0.4 is 14.5 Å². The van der Waals surface area contributed by atoms with Crippen LogP contribution in [0.15, 0.2) is 152 Å². The molecule has 2 aromatic heterocycles. The van der Waals surface area contributed by atoms with E-state index in [1.165, 1.54) is 39.1 Å². The molecule has 0 aliphatic carbocycles. The Kier molecular flexibility index (Phi) is 13.0. The zero-order chi connectivity index (χ0) is 48.6. The second kappa shape index (κ2) is 18.1. The number of para-hydroxylation sites is 1. The third-order valence-electron chi connectivity index (χ3n) is 13.6. The van der Waals surface area contributed by atoms with Crippen LogP contribution in [0.2, 0.25) is 0 Å². The van der Waals surface area contributed by atoms with E-state index in [1.807, 2.05) is 6.20 Å². The Hall–Kier alpha value is -5.90. The van der Waals surface area contributed by atoms with Crippen molar-refractivity contribution in [2.75, 3.05) is 9.80 Å². The van der Waals surface area contributed by atoms with Gasteiger partial charge in [-0.3, -0.25) is 0 Å². The van der Waals surface area contributed by atoms with Crippen LogP contribution in [0.3, 0.4) is 0 Å². The molecule has 0 bridgehead atoms. The number of aromatic nitrogens is 2. The predicted octanol–water partition coefficient (Wildman–Crippen LogP) is 16.8. The van der Waals surface area contributed by atoms with Crippen molar-refractivity contribution in [2.24, 2.45) is 5.41 Å². The number of anilines is 2. The van der Waals surface area contributed by atoms with Crippen molar-refractivity contribution < 1.29 is 25.8 Å². The predicted molar refractivity (Wildman–Crippen MR) is 286 cm³/mol. The Morgan fingerprint density at radius 3 is 1.83 bits per heavy atom. The van der Waals surface area contributed by atoms with Crippen molar-refractivity contribution in [3.05, 3.63) is 198 Å². The van der Waals surface area contributed by atoms with Crippen LogP contribution in [0, 0.1) is 24.2 Å². The van der Waals surface area contributed by atoms with Crippen molar-refractivity contribution in [1.29, 1.82) is 0 Å². The van der Waals surface area contributed by atoms with Crippen molar-refractivity contribution in [1.82, 2.24) is 9.55 Å². The number of allylic oxidation sites excluding steroid dienone is 1. The molecule has 0 fully saturated rings. The van der Waals surface area contributed by atoms with Crippen LogP contribution in [0.5, 0.6) is 11.5 Å². The Labute approximate surface area is 426 Å². The standard InChI is InChI=1S/C63H67N4O.Pt/c1-59(2,3)45-29-30-64-57(36-45)67-54-28-22-21-27-52(54)58-53(61(7,8)9)38-51(39-55(58)67)68-50-35-47(63(13,14)44-25-19-16-20-26-44)34-48(37-50)65-40-56(62(10,11)12)66(41-65)49-32-43(42-23-17-15-18-24-42)31-46(33-49)60(4,5)6;/h15-36,38,40-41H,1-14H3;/q-3;. The summed E-state index contributed by atoms with van der Waals surface area (Å²) in [5.41, 5.74) is 12.7. The van der Waals surface area contributed by atoms with Crippen LogP contribution in [0.4, 0.5) is 11.4 Å². The van der Waals surface area contributed by atoms with Gasteiger partial charge in [-0.15, -0.1) is 53.8 Å². The minimum atomic E-state index is -0.370. The quantitative estimate of drug-likeness (QED) is 0.142. The fraction of sp³-hybridized carbons (Fsp3) is 0.302. The number of rotatable bonds is 8. The molecule has 5 nitrogen and oxygen atoms in total. The van der Waals surface area contributed by atoms with Crippen LogP contribution >= 0.6 is 0 Å². The summed E-state index contributed by atoms with van der Waals surface area (Å²) >= 11 is 0. The molecule has 3 heterocycles. The number of pyridine rings is 1. The number of ether oxygens (including phenoxy) is 1. The number of benzene rings is 6. The molecule has 6 aromatic carbocycles. The van der Waals surface area contributed by atoms with Gasteiger partial charge in [-0.2, -0.15) is 0 Å². The zero-order valence-electron chi connectivity index (χ0n) is 42.9. The normalized spacial score (nSPS) is 13.8. The molecule has 8 aromatic rings. The molecule has 0 unspecified atom stereocenters. The van der Waals surface area contributed by atoms with E-state index < -0.39 is 0 Å². The summed E-state index contributed by atoms with van der Waals surface area (Å²) < 4.78 is 9.42. The van der Waals surface area contributed by atoms with E-state index in [0.29, 0.717) is 11.5 Å². The van der Waals surface area contributed by atoms with E-state index in [-0.39, 0.29) is 48.1 Å². The first-order chi connectivity index (χ1) is 32.0. The molecule has 6 heteroatoms. The van der Waals surface area contributed by atoms with Crippen LogP contribution in [-0.2, 0) is 42.7 Å². The van der Waals surface area contributed by atoms with Crippen molar-refractivity contribution in [3.8, 4) is 28.4 Å². The summed E-state index contributed by atoms with van der Waals surface area (Å²) in [5, 5.41) is 2.32. The molecule has 1 aliphatic rings. The molecular formula is C63H67N4OPt-3. The van der Waals surface area contributed by atoms with Gasteiger partial charge >= 0.3 is 0 Å². The van der Waals surface area contributed by atoms with E-state index in [2.05, 4.69) is 270 Å². The Balaban J connectivity index is 0.00000642. The van der Waals surface area contributed by atoms with Crippen LogP contribution in [0.25, 0.3) is 38.8 Å². The maximum absolute atomic E-state index is 7.16. The first-order valence-electron chi connectivity index (χ1n) is 24.1. The third-order valence-corrected chi connectivity index (χ3v) is 13.6. The van der Waals surface area contributed by atoms with Crippen LogP contribution in [0.1, 0.15) is 125 Å². The minimum Gasteiger partial charge on any atom is -0.509 e.